The maximum absolute atomic E-state index is 5.96. The van der Waals surface area contributed by atoms with Crippen LogP contribution < -0.4 is 5.32 Å². The van der Waals surface area contributed by atoms with Crippen LogP contribution in [0.4, 0.5) is 0 Å². The molecular weight excluding hydrogens is 298 g/mol. The van der Waals surface area contributed by atoms with Gasteiger partial charge in [0.05, 0.1) is 0 Å². The number of nitrogens with one attached hydrogen (secondary N) is 1. The van der Waals surface area contributed by atoms with E-state index in [-0.39, 0.29) is 0 Å². The third-order valence-corrected chi connectivity index (χ3v) is 4.92. The lowest BCUT2D eigenvalue weighted by Crippen LogP contribution is -2.20. The van der Waals surface area contributed by atoms with Gasteiger partial charge in [0.1, 0.15) is 0 Å². The molecule has 108 valence electrons. The van der Waals surface area contributed by atoms with Crippen LogP contribution >= 0.6 is 23.4 Å². The van der Waals surface area contributed by atoms with E-state index in [1.807, 2.05) is 12.1 Å². The van der Waals surface area contributed by atoms with Gasteiger partial charge in [0, 0.05) is 21.4 Å². The maximum atomic E-state index is 5.96. The van der Waals surface area contributed by atoms with E-state index >= 15 is 0 Å². The lowest BCUT2D eigenvalue weighted by atomic mass is 9.99. The number of benzene rings is 2. The van der Waals surface area contributed by atoms with Crippen LogP contribution in [0.5, 0.6) is 0 Å². The molecular formula is C18H18ClNS. The van der Waals surface area contributed by atoms with Crippen LogP contribution in [0.25, 0.3) is 5.57 Å². The zero-order valence-electron chi connectivity index (χ0n) is 12.0. The van der Waals surface area contributed by atoms with Crippen LogP contribution in [-0.4, -0.2) is 13.1 Å². The quantitative estimate of drug-likeness (QED) is 0.838. The van der Waals surface area contributed by atoms with E-state index in [1.54, 1.807) is 11.8 Å². The van der Waals surface area contributed by atoms with Crippen molar-refractivity contribution in [3.63, 3.8) is 0 Å². The molecule has 1 N–H and O–H groups in total. The van der Waals surface area contributed by atoms with E-state index < -0.39 is 0 Å². The average molecular weight is 316 g/mol. The Kier molecular flexibility index (Phi) is 4.69. The molecule has 2 aromatic rings. The van der Waals surface area contributed by atoms with E-state index in [2.05, 4.69) is 48.6 Å². The Morgan fingerprint density at radius 2 is 1.90 bits per heavy atom. The minimum Gasteiger partial charge on any atom is -0.313 e. The lowest BCUT2D eigenvalue weighted by molar-refractivity contribution is 0.737. The van der Waals surface area contributed by atoms with Crippen molar-refractivity contribution in [2.24, 2.45) is 0 Å². The highest BCUT2D eigenvalue weighted by atomic mass is 35.5. The summed E-state index contributed by atoms with van der Waals surface area (Å²) < 4.78 is 0. The first-order valence-electron chi connectivity index (χ1n) is 7.16. The highest BCUT2D eigenvalue weighted by Crippen LogP contribution is 2.36. The van der Waals surface area contributed by atoms with Gasteiger partial charge in [-0.1, -0.05) is 47.1 Å². The van der Waals surface area contributed by atoms with Crippen LogP contribution in [0.3, 0.4) is 0 Å². The van der Waals surface area contributed by atoms with Gasteiger partial charge in [-0.25, -0.2) is 0 Å². The SMILES string of the molecule is Cc1ccc(Sc2ccc(Cl)cc2)c(C2=CCNCC2)c1. The molecule has 0 bridgehead atoms. The Morgan fingerprint density at radius 1 is 1.10 bits per heavy atom. The van der Waals surface area contributed by atoms with Crippen molar-refractivity contribution in [2.75, 3.05) is 13.1 Å². The molecule has 0 saturated heterocycles. The minimum absolute atomic E-state index is 0.782. The van der Waals surface area contributed by atoms with E-state index in [0.29, 0.717) is 0 Å². The molecule has 0 atom stereocenters. The highest BCUT2D eigenvalue weighted by Gasteiger charge is 2.11. The first-order valence-corrected chi connectivity index (χ1v) is 8.36. The van der Waals surface area contributed by atoms with Gasteiger partial charge < -0.3 is 5.32 Å². The van der Waals surface area contributed by atoms with Crippen molar-refractivity contribution in [1.82, 2.24) is 5.32 Å². The molecule has 0 saturated carbocycles. The van der Waals surface area contributed by atoms with Crippen molar-refractivity contribution in [1.29, 1.82) is 0 Å². The smallest absolute Gasteiger partial charge is 0.0406 e. The molecule has 2 aromatic carbocycles. The number of hydrogen-bond donors (Lipinski definition) is 1. The number of halogens is 1. The molecule has 1 nitrogen and oxygen atoms in total. The van der Waals surface area contributed by atoms with Crippen molar-refractivity contribution in [2.45, 2.75) is 23.1 Å². The molecule has 0 aromatic heterocycles. The van der Waals surface area contributed by atoms with Gasteiger partial charge in [-0.2, -0.15) is 0 Å². The summed E-state index contributed by atoms with van der Waals surface area (Å²) >= 11 is 7.77. The molecule has 1 aliphatic rings. The third kappa shape index (κ3) is 3.70. The Bertz CT molecular complexity index is 661. The standard InChI is InChI=1S/C18H18ClNS/c1-13-2-7-18(21-16-5-3-15(19)4-6-16)17(12-13)14-8-10-20-11-9-14/h2-8,12,20H,9-11H2,1H3. The Balaban J connectivity index is 1.94. The number of aryl methyl sites for hydroxylation is 1. The molecule has 0 amide bonds. The van der Waals surface area contributed by atoms with Gasteiger partial charge in [-0.05, 0) is 61.4 Å². The Morgan fingerprint density at radius 3 is 2.62 bits per heavy atom. The fraction of sp³-hybridized carbons (Fsp3) is 0.222. The van der Waals surface area contributed by atoms with Crippen LogP contribution in [0, 0.1) is 6.92 Å². The van der Waals surface area contributed by atoms with E-state index in [1.165, 1.54) is 26.5 Å². The molecule has 21 heavy (non-hydrogen) atoms. The van der Waals surface area contributed by atoms with Crippen molar-refractivity contribution in [3.05, 3.63) is 64.7 Å². The molecule has 0 spiro atoms. The van der Waals surface area contributed by atoms with E-state index in [4.69, 9.17) is 11.6 Å². The van der Waals surface area contributed by atoms with E-state index in [0.717, 1.165) is 24.5 Å². The second-order valence-electron chi connectivity index (χ2n) is 5.24. The Labute approximate surface area is 135 Å². The van der Waals surface area contributed by atoms with Gasteiger partial charge in [-0.15, -0.1) is 0 Å². The van der Waals surface area contributed by atoms with Gasteiger partial charge in [0.15, 0.2) is 0 Å². The summed E-state index contributed by atoms with van der Waals surface area (Å²) in [7, 11) is 0. The van der Waals surface area contributed by atoms with Gasteiger partial charge in [-0.3, -0.25) is 0 Å². The Hall–Kier alpha value is -1.22. The molecule has 1 aliphatic heterocycles. The summed E-state index contributed by atoms with van der Waals surface area (Å²) in [6.07, 6.45) is 3.40. The summed E-state index contributed by atoms with van der Waals surface area (Å²) in [5, 5.41) is 4.16. The van der Waals surface area contributed by atoms with Crippen LogP contribution in [0.1, 0.15) is 17.5 Å². The van der Waals surface area contributed by atoms with Crippen molar-refractivity contribution < 1.29 is 0 Å². The average Bonchev–Trinajstić information content (AvgIpc) is 2.52. The topological polar surface area (TPSA) is 12.0 Å². The summed E-state index contributed by atoms with van der Waals surface area (Å²) in [5.74, 6) is 0. The van der Waals surface area contributed by atoms with Gasteiger partial charge in [0.25, 0.3) is 0 Å². The first-order chi connectivity index (χ1) is 10.2. The summed E-state index contributed by atoms with van der Waals surface area (Å²) in [6.45, 7) is 4.18. The molecule has 3 rings (SSSR count). The minimum atomic E-state index is 0.782. The zero-order valence-corrected chi connectivity index (χ0v) is 13.6. The molecule has 3 heteroatoms. The second kappa shape index (κ2) is 6.69. The van der Waals surface area contributed by atoms with E-state index in [9.17, 15) is 0 Å². The molecule has 0 unspecified atom stereocenters. The first kappa shape index (κ1) is 14.7. The summed E-state index contributed by atoms with van der Waals surface area (Å²) in [6, 6.07) is 14.8. The van der Waals surface area contributed by atoms with Crippen molar-refractivity contribution in [3.8, 4) is 0 Å². The summed E-state index contributed by atoms with van der Waals surface area (Å²) in [4.78, 5) is 2.54. The molecule has 0 radical (unpaired) electrons. The lowest BCUT2D eigenvalue weighted by Gasteiger charge is -2.18. The number of hydrogen-bond acceptors (Lipinski definition) is 2. The number of rotatable bonds is 3. The van der Waals surface area contributed by atoms with Crippen molar-refractivity contribution >= 4 is 28.9 Å². The van der Waals surface area contributed by atoms with Gasteiger partial charge >= 0.3 is 0 Å². The predicted octanol–water partition coefficient (Wildman–Crippen LogP) is 5.18. The largest absolute Gasteiger partial charge is 0.313 e. The fourth-order valence-corrected chi connectivity index (χ4v) is 3.57. The summed E-state index contributed by atoms with van der Waals surface area (Å²) in [5.41, 5.74) is 4.13. The second-order valence-corrected chi connectivity index (χ2v) is 6.79. The fourth-order valence-electron chi connectivity index (χ4n) is 2.48. The molecule has 0 fully saturated rings. The molecule has 1 heterocycles. The maximum Gasteiger partial charge on any atom is 0.0406 e. The normalized spacial score (nSPS) is 14.9. The third-order valence-electron chi connectivity index (χ3n) is 3.59. The van der Waals surface area contributed by atoms with Crippen LogP contribution in [0.2, 0.25) is 5.02 Å². The van der Waals surface area contributed by atoms with Crippen LogP contribution in [0.15, 0.2) is 58.3 Å². The highest BCUT2D eigenvalue weighted by molar-refractivity contribution is 7.99. The zero-order chi connectivity index (χ0) is 14.7. The predicted molar refractivity (Wildman–Crippen MR) is 92.2 cm³/mol. The van der Waals surface area contributed by atoms with Gasteiger partial charge in [0.2, 0.25) is 0 Å². The van der Waals surface area contributed by atoms with Crippen LogP contribution in [-0.2, 0) is 0 Å². The monoisotopic (exact) mass is 315 g/mol. The molecule has 0 aliphatic carbocycles.